The molecule has 3 rings (SSSR count). The molecule has 1 aliphatic heterocycles. The molecule has 0 spiro atoms. The van der Waals surface area contributed by atoms with Crippen molar-refractivity contribution in [2.75, 3.05) is 13.2 Å². The number of nitro groups is 1. The SMILES string of the molecule is CC1=C(C(=O)OCCCCCCOc2cc(C)[nH]n2)C(c2cccc([N+](=O)[O-])c2)C(C(=O)OC(C)C)=C(C)N1. The van der Waals surface area contributed by atoms with Gasteiger partial charge in [-0.3, -0.25) is 15.2 Å². The van der Waals surface area contributed by atoms with Crippen LogP contribution in [0.2, 0.25) is 0 Å². The fourth-order valence-electron chi connectivity index (χ4n) is 4.41. The monoisotopic (exact) mass is 540 g/mol. The predicted molar refractivity (Wildman–Crippen MR) is 144 cm³/mol. The minimum Gasteiger partial charge on any atom is -0.477 e. The number of non-ortho nitro benzene ring substituents is 1. The van der Waals surface area contributed by atoms with Crippen molar-refractivity contribution in [2.45, 2.75) is 72.3 Å². The van der Waals surface area contributed by atoms with E-state index in [1.54, 1.807) is 33.8 Å². The molecule has 0 amide bonds. The molecule has 0 radical (unpaired) electrons. The molecule has 0 fully saturated rings. The van der Waals surface area contributed by atoms with E-state index < -0.39 is 22.8 Å². The molecule has 2 aromatic rings. The zero-order chi connectivity index (χ0) is 28.5. The molecule has 1 aliphatic rings. The third-order valence-electron chi connectivity index (χ3n) is 6.16. The molecule has 11 heteroatoms. The number of dihydropyridines is 1. The third-order valence-corrected chi connectivity index (χ3v) is 6.16. The number of hydrogen-bond acceptors (Lipinski definition) is 9. The summed E-state index contributed by atoms with van der Waals surface area (Å²) in [5.74, 6) is -1.49. The molecule has 11 nitrogen and oxygen atoms in total. The van der Waals surface area contributed by atoms with Crippen molar-refractivity contribution in [1.82, 2.24) is 15.5 Å². The second kappa shape index (κ2) is 13.6. The summed E-state index contributed by atoms with van der Waals surface area (Å²) in [6.45, 7) is 9.54. The Balaban J connectivity index is 1.67. The number of benzene rings is 1. The number of nitrogens with zero attached hydrogens (tertiary/aromatic N) is 2. The van der Waals surface area contributed by atoms with Gasteiger partial charge in [0.1, 0.15) is 0 Å². The van der Waals surface area contributed by atoms with Gasteiger partial charge in [0.2, 0.25) is 5.88 Å². The van der Waals surface area contributed by atoms with Gasteiger partial charge in [-0.2, -0.15) is 0 Å². The molecule has 1 atom stereocenters. The first-order valence-electron chi connectivity index (χ1n) is 13.0. The highest BCUT2D eigenvalue weighted by Crippen LogP contribution is 2.40. The Hall–Kier alpha value is -4.15. The number of nitrogens with one attached hydrogen (secondary N) is 2. The number of aromatic amines is 1. The molecule has 0 aliphatic carbocycles. The van der Waals surface area contributed by atoms with Crippen LogP contribution in [-0.4, -0.2) is 46.4 Å². The van der Waals surface area contributed by atoms with E-state index in [9.17, 15) is 19.7 Å². The summed E-state index contributed by atoms with van der Waals surface area (Å²) in [6, 6.07) is 7.76. The number of allylic oxidation sites excluding steroid dienone is 2. The number of nitro benzene ring substituents is 1. The molecule has 1 unspecified atom stereocenters. The number of aryl methyl sites for hydroxylation is 1. The summed E-state index contributed by atoms with van der Waals surface area (Å²) in [6.07, 6.45) is 2.85. The molecule has 0 saturated carbocycles. The van der Waals surface area contributed by atoms with Crippen LogP contribution in [0.25, 0.3) is 0 Å². The standard InChI is InChI=1S/C28H36N4O7/c1-17(2)39-28(34)25-20(5)29-19(4)24(26(25)21-11-10-12-22(16-21)32(35)36)27(33)38-14-9-7-6-8-13-37-23-15-18(3)30-31-23/h10-12,15-17,26,29H,6-9,13-14H2,1-5H3,(H,30,31). The Morgan fingerprint density at radius 2 is 1.67 bits per heavy atom. The number of ether oxygens (including phenoxy) is 3. The molecular weight excluding hydrogens is 504 g/mol. The average molecular weight is 541 g/mol. The normalized spacial score (nSPS) is 15.3. The Morgan fingerprint density at radius 3 is 2.28 bits per heavy atom. The predicted octanol–water partition coefficient (Wildman–Crippen LogP) is 5.00. The van der Waals surface area contributed by atoms with Crippen LogP contribution in [-0.2, 0) is 19.1 Å². The van der Waals surface area contributed by atoms with Gasteiger partial charge < -0.3 is 19.5 Å². The van der Waals surface area contributed by atoms with Crippen molar-refractivity contribution in [2.24, 2.45) is 0 Å². The molecule has 1 aromatic carbocycles. The first-order valence-corrected chi connectivity index (χ1v) is 13.0. The smallest absolute Gasteiger partial charge is 0.337 e. The van der Waals surface area contributed by atoms with Gasteiger partial charge in [-0.15, -0.1) is 5.10 Å². The quantitative estimate of drug-likeness (QED) is 0.155. The van der Waals surface area contributed by atoms with Crippen LogP contribution < -0.4 is 10.1 Å². The molecule has 0 bridgehead atoms. The lowest BCUT2D eigenvalue weighted by Gasteiger charge is -2.30. The Bertz CT molecular complexity index is 1260. The summed E-state index contributed by atoms with van der Waals surface area (Å²) < 4.78 is 16.7. The van der Waals surface area contributed by atoms with Gasteiger partial charge in [0, 0.05) is 35.3 Å². The number of H-pyrrole nitrogens is 1. The number of esters is 2. The molecule has 210 valence electrons. The lowest BCUT2D eigenvalue weighted by molar-refractivity contribution is -0.384. The van der Waals surface area contributed by atoms with Crippen molar-refractivity contribution < 1.29 is 28.7 Å². The van der Waals surface area contributed by atoms with Crippen LogP contribution in [0.15, 0.2) is 52.9 Å². The van der Waals surface area contributed by atoms with E-state index in [1.807, 2.05) is 13.0 Å². The highest BCUT2D eigenvalue weighted by molar-refractivity contribution is 6.00. The van der Waals surface area contributed by atoms with Crippen LogP contribution in [0, 0.1) is 17.0 Å². The van der Waals surface area contributed by atoms with Crippen molar-refractivity contribution >= 4 is 17.6 Å². The van der Waals surface area contributed by atoms with E-state index in [-0.39, 0.29) is 29.5 Å². The minimum absolute atomic E-state index is 0.142. The van der Waals surface area contributed by atoms with Crippen molar-refractivity contribution in [3.8, 4) is 5.88 Å². The first kappa shape index (κ1) is 29.4. The fraction of sp³-hybridized carbons (Fsp3) is 0.464. The maximum atomic E-state index is 13.3. The van der Waals surface area contributed by atoms with Crippen molar-refractivity contribution in [3.63, 3.8) is 0 Å². The van der Waals surface area contributed by atoms with Gasteiger partial charge in [-0.05, 0) is 65.9 Å². The number of aromatic nitrogens is 2. The van der Waals surface area contributed by atoms with Gasteiger partial charge in [0.15, 0.2) is 0 Å². The largest absolute Gasteiger partial charge is 0.477 e. The number of rotatable bonds is 13. The Kier molecular flexibility index (Phi) is 10.2. The highest BCUT2D eigenvalue weighted by Gasteiger charge is 2.38. The Morgan fingerprint density at radius 1 is 1.00 bits per heavy atom. The molecule has 1 aromatic heterocycles. The van der Waals surface area contributed by atoms with E-state index in [2.05, 4.69) is 15.5 Å². The van der Waals surface area contributed by atoms with Crippen LogP contribution in [0.3, 0.4) is 0 Å². The van der Waals surface area contributed by atoms with Crippen LogP contribution in [0.1, 0.15) is 70.6 Å². The number of hydrogen-bond donors (Lipinski definition) is 2. The summed E-state index contributed by atoms with van der Waals surface area (Å²) in [7, 11) is 0. The average Bonchev–Trinajstić information content (AvgIpc) is 3.29. The minimum atomic E-state index is -0.882. The molecule has 39 heavy (non-hydrogen) atoms. The number of carbonyl (C=O) groups excluding carboxylic acids is 2. The summed E-state index contributed by atoms with van der Waals surface area (Å²) in [5, 5.41) is 21.4. The van der Waals surface area contributed by atoms with E-state index >= 15 is 0 Å². The second-order valence-electron chi connectivity index (χ2n) is 9.73. The summed E-state index contributed by atoms with van der Waals surface area (Å²) in [4.78, 5) is 37.4. The number of carbonyl (C=O) groups is 2. The topological polar surface area (TPSA) is 146 Å². The highest BCUT2D eigenvalue weighted by atomic mass is 16.6. The van der Waals surface area contributed by atoms with Crippen LogP contribution >= 0.6 is 0 Å². The molecule has 2 N–H and O–H groups in total. The van der Waals surface area contributed by atoms with E-state index in [1.165, 1.54) is 18.2 Å². The van der Waals surface area contributed by atoms with Crippen LogP contribution in [0.5, 0.6) is 5.88 Å². The maximum Gasteiger partial charge on any atom is 0.337 e. The van der Waals surface area contributed by atoms with E-state index in [0.717, 1.165) is 25.0 Å². The maximum absolute atomic E-state index is 13.3. The zero-order valence-corrected chi connectivity index (χ0v) is 23.0. The van der Waals surface area contributed by atoms with Crippen molar-refractivity contribution in [3.05, 3.63) is 74.2 Å². The van der Waals surface area contributed by atoms with E-state index in [4.69, 9.17) is 14.2 Å². The second-order valence-corrected chi connectivity index (χ2v) is 9.73. The lowest BCUT2D eigenvalue weighted by atomic mass is 9.80. The lowest BCUT2D eigenvalue weighted by Crippen LogP contribution is -2.33. The first-order chi connectivity index (χ1) is 18.6. The zero-order valence-electron chi connectivity index (χ0n) is 23.0. The van der Waals surface area contributed by atoms with Gasteiger partial charge in [-0.25, -0.2) is 9.59 Å². The van der Waals surface area contributed by atoms with Gasteiger partial charge >= 0.3 is 11.9 Å². The molecular formula is C28H36N4O7. The van der Waals surface area contributed by atoms with Gasteiger partial charge in [0.25, 0.3) is 5.69 Å². The van der Waals surface area contributed by atoms with Crippen molar-refractivity contribution in [1.29, 1.82) is 0 Å². The molecule has 0 saturated heterocycles. The fourth-order valence-corrected chi connectivity index (χ4v) is 4.41. The third kappa shape index (κ3) is 7.92. The van der Waals surface area contributed by atoms with Crippen LogP contribution in [0.4, 0.5) is 5.69 Å². The van der Waals surface area contributed by atoms with E-state index in [0.29, 0.717) is 35.9 Å². The Labute approximate surface area is 227 Å². The summed E-state index contributed by atoms with van der Waals surface area (Å²) in [5.41, 5.74) is 2.69. The number of unbranched alkanes of at least 4 members (excludes halogenated alkanes) is 3. The molecule has 2 heterocycles. The van der Waals surface area contributed by atoms with Gasteiger partial charge in [-0.1, -0.05) is 12.1 Å². The summed E-state index contributed by atoms with van der Waals surface area (Å²) >= 11 is 0. The van der Waals surface area contributed by atoms with Gasteiger partial charge in [0.05, 0.1) is 41.3 Å².